The van der Waals surface area contributed by atoms with Crippen LogP contribution in [0, 0.1) is 0 Å². The summed E-state index contributed by atoms with van der Waals surface area (Å²) in [7, 11) is 3.80. The molecule has 0 amide bonds. The van der Waals surface area contributed by atoms with E-state index in [0.29, 0.717) is 19.5 Å². The van der Waals surface area contributed by atoms with Crippen molar-refractivity contribution in [2.45, 2.75) is 12.1 Å². The highest BCUT2D eigenvalue weighted by Crippen LogP contribution is 2.19. The number of nitrogens with zero attached hydrogens (tertiary/aromatic N) is 1. The van der Waals surface area contributed by atoms with Crippen molar-refractivity contribution < 1.29 is 4.39 Å². The number of nitrogens with one attached hydrogen (secondary N) is 1. The Bertz CT molecular complexity index is 116. The lowest BCUT2D eigenvalue weighted by molar-refractivity contribution is 0.139. The summed E-state index contributed by atoms with van der Waals surface area (Å²) in [5, 5.41) is 3.02. The fourth-order valence-electron chi connectivity index (χ4n) is 1.41. The maximum absolute atomic E-state index is 13.5. The molecule has 0 bridgehead atoms. The molecule has 1 aliphatic heterocycles. The molecule has 0 aromatic heterocycles. The first-order valence-electron chi connectivity index (χ1n) is 3.67. The van der Waals surface area contributed by atoms with E-state index in [1.807, 2.05) is 19.0 Å². The molecule has 0 aromatic rings. The monoisotopic (exact) mass is 218 g/mol. The molecule has 1 unspecified atom stereocenters. The van der Waals surface area contributed by atoms with E-state index in [9.17, 15) is 4.39 Å². The first-order chi connectivity index (χ1) is 4.62. The normalized spacial score (nSPS) is 28.0. The van der Waals surface area contributed by atoms with Crippen molar-refractivity contribution in [2.75, 3.05) is 33.7 Å². The van der Waals surface area contributed by atoms with Gasteiger partial charge in [0.1, 0.15) is 5.67 Å². The fraction of sp³-hybridized carbons (Fsp3) is 1.00. The summed E-state index contributed by atoms with van der Waals surface area (Å²) in [5.74, 6) is 0. The standard InChI is InChI=1S/C7H15FN2.2ClH/c1-10(2)6-7(8)3-4-9-5-7;;/h9H,3-6H2,1-2H3;2*1H. The summed E-state index contributed by atoms with van der Waals surface area (Å²) in [4.78, 5) is 1.90. The third-order valence-electron chi connectivity index (χ3n) is 1.79. The Hall–Kier alpha value is 0.430. The Morgan fingerprint density at radius 1 is 1.42 bits per heavy atom. The van der Waals surface area contributed by atoms with Gasteiger partial charge in [-0.05, 0) is 27.1 Å². The molecule has 1 N–H and O–H groups in total. The van der Waals surface area contributed by atoms with E-state index in [1.54, 1.807) is 0 Å². The number of hydrogen-bond acceptors (Lipinski definition) is 2. The van der Waals surface area contributed by atoms with Gasteiger partial charge in [-0.1, -0.05) is 0 Å². The van der Waals surface area contributed by atoms with Crippen LogP contribution in [-0.2, 0) is 0 Å². The van der Waals surface area contributed by atoms with Crippen LogP contribution in [0.2, 0.25) is 0 Å². The predicted molar refractivity (Wildman–Crippen MR) is 54.4 cm³/mol. The highest BCUT2D eigenvalue weighted by atomic mass is 35.5. The predicted octanol–water partition coefficient (Wildman–Crippen LogP) is 1.09. The molecule has 12 heavy (non-hydrogen) atoms. The van der Waals surface area contributed by atoms with Crippen LogP contribution in [0.5, 0.6) is 0 Å². The van der Waals surface area contributed by atoms with Crippen molar-refractivity contribution in [3.8, 4) is 0 Å². The summed E-state index contributed by atoms with van der Waals surface area (Å²) in [6, 6.07) is 0. The van der Waals surface area contributed by atoms with Crippen molar-refractivity contribution in [1.82, 2.24) is 10.2 Å². The van der Waals surface area contributed by atoms with E-state index < -0.39 is 5.67 Å². The van der Waals surface area contributed by atoms with Crippen LogP contribution in [0.15, 0.2) is 0 Å². The smallest absolute Gasteiger partial charge is 0.137 e. The molecule has 5 heteroatoms. The van der Waals surface area contributed by atoms with Gasteiger partial charge < -0.3 is 10.2 Å². The molecule has 76 valence electrons. The average Bonchev–Trinajstić information content (AvgIpc) is 2.12. The zero-order valence-corrected chi connectivity index (χ0v) is 9.10. The number of hydrogen-bond donors (Lipinski definition) is 1. The van der Waals surface area contributed by atoms with E-state index in [-0.39, 0.29) is 24.8 Å². The number of halogens is 3. The minimum Gasteiger partial charge on any atom is -0.313 e. The van der Waals surface area contributed by atoms with Gasteiger partial charge in [0.05, 0.1) is 0 Å². The Kier molecular flexibility index (Phi) is 7.43. The summed E-state index contributed by atoms with van der Waals surface area (Å²) in [6.07, 6.45) is 0.658. The second kappa shape index (κ2) is 5.97. The lowest BCUT2D eigenvalue weighted by Crippen LogP contribution is -2.37. The SMILES string of the molecule is CN(C)CC1(F)CCNC1.Cl.Cl. The lowest BCUT2D eigenvalue weighted by atomic mass is 10.1. The van der Waals surface area contributed by atoms with Gasteiger partial charge in [-0.25, -0.2) is 4.39 Å². The van der Waals surface area contributed by atoms with Crippen molar-refractivity contribution in [1.29, 1.82) is 0 Å². The molecular formula is C7H17Cl2FN2. The molecule has 1 saturated heterocycles. The second-order valence-corrected chi connectivity index (χ2v) is 3.32. The minimum atomic E-state index is -0.969. The van der Waals surface area contributed by atoms with Gasteiger partial charge in [0.15, 0.2) is 0 Å². The van der Waals surface area contributed by atoms with Crippen LogP contribution in [0.4, 0.5) is 4.39 Å². The number of alkyl halides is 1. The first-order valence-corrected chi connectivity index (χ1v) is 3.67. The third-order valence-corrected chi connectivity index (χ3v) is 1.79. The molecular weight excluding hydrogens is 202 g/mol. The molecule has 0 aliphatic carbocycles. The van der Waals surface area contributed by atoms with Crippen molar-refractivity contribution in [2.24, 2.45) is 0 Å². The van der Waals surface area contributed by atoms with Gasteiger partial charge in [0, 0.05) is 13.1 Å². The van der Waals surface area contributed by atoms with Gasteiger partial charge in [-0.15, -0.1) is 24.8 Å². The molecule has 1 atom stereocenters. The van der Waals surface area contributed by atoms with Crippen LogP contribution < -0.4 is 5.32 Å². The van der Waals surface area contributed by atoms with Gasteiger partial charge >= 0.3 is 0 Å². The van der Waals surface area contributed by atoms with E-state index in [2.05, 4.69) is 5.32 Å². The van der Waals surface area contributed by atoms with Crippen molar-refractivity contribution >= 4 is 24.8 Å². The van der Waals surface area contributed by atoms with E-state index >= 15 is 0 Å². The molecule has 0 aromatic carbocycles. The molecule has 1 heterocycles. The van der Waals surface area contributed by atoms with Crippen molar-refractivity contribution in [3.63, 3.8) is 0 Å². The van der Waals surface area contributed by atoms with E-state index in [0.717, 1.165) is 6.54 Å². The van der Waals surface area contributed by atoms with Gasteiger partial charge in [-0.2, -0.15) is 0 Å². The topological polar surface area (TPSA) is 15.3 Å². The van der Waals surface area contributed by atoms with Crippen LogP contribution >= 0.6 is 24.8 Å². The highest BCUT2D eigenvalue weighted by molar-refractivity contribution is 5.85. The Balaban J connectivity index is 0. The molecule has 1 aliphatic rings. The maximum Gasteiger partial charge on any atom is 0.137 e. The molecule has 1 rings (SSSR count). The van der Waals surface area contributed by atoms with Gasteiger partial charge in [0.25, 0.3) is 0 Å². The molecule has 0 spiro atoms. The van der Waals surface area contributed by atoms with E-state index in [4.69, 9.17) is 0 Å². The third kappa shape index (κ3) is 4.45. The largest absolute Gasteiger partial charge is 0.313 e. The molecule has 1 fully saturated rings. The summed E-state index contributed by atoms with van der Waals surface area (Å²) in [6.45, 7) is 1.88. The Morgan fingerprint density at radius 3 is 2.33 bits per heavy atom. The average molecular weight is 219 g/mol. The molecule has 0 saturated carbocycles. The molecule has 2 nitrogen and oxygen atoms in total. The second-order valence-electron chi connectivity index (χ2n) is 3.32. The summed E-state index contributed by atoms with van der Waals surface area (Å²) < 4.78 is 13.5. The summed E-state index contributed by atoms with van der Waals surface area (Å²) in [5.41, 5.74) is -0.969. The number of rotatable bonds is 2. The van der Waals surface area contributed by atoms with Gasteiger partial charge in [0.2, 0.25) is 0 Å². The van der Waals surface area contributed by atoms with E-state index in [1.165, 1.54) is 0 Å². The molecule has 0 radical (unpaired) electrons. The highest BCUT2D eigenvalue weighted by Gasteiger charge is 2.33. The van der Waals surface area contributed by atoms with Crippen LogP contribution in [0.1, 0.15) is 6.42 Å². The van der Waals surface area contributed by atoms with Crippen LogP contribution in [0.25, 0.3) is 0 Å². The zero-order valence-electron chi connectivity index (χ0n) is 7.47. The minimum absolute atomic E-state index is 0. The lowest BCUT2D eigenvalue weighted by Gasteiger charge is -2.22. The zero-order chi connectivity index (χ0) is 7.61. The Morgan fingerprint density at radius 2 is 2.00 bits per heavy atom. The summed E-state index contributed by atoms with van der Waals surface area (Å²) >= 11 is 0. The van der Waals surface area contributed by atoms with Crippen LogP contribution in [0.3, 0.4) is 0 Å². The Labute approximate surface area is 85.7 Å². The quantitative estimate of drug-likeness (QED) is 0.748. The fourth-order valence-corrected chi connectivity index (χ4v) is 1.41. The van der Waals surface area contributed by atoms with Crippen molar-refractivity contribution in [3.05, 3.63) is 0 Å². The maximum atomic E-state index is 13.5. The van der Waals surface area contributed by atoms with Gasteiger partial charge in [-0.3, -0.25) is 0 Å². The van der Waals surface area contributed by atoms with Crippen LogP contribution in [-0.4, -0.2) is 44.3 Å². The first kappa shape index (κ1) is 14.9.